The van der Waals surface area contributed by atoms with Gasteiger partial charge in [0.15, 0.2) is 0 Å². The summed E-state index contributed by atoms with van der Waals surface area (Å²) in [4.78, 5) is 0. The van der Waals surface area contributed by atoms with Crippen molar-refractivity contribution in [1.82, 2.24) is 9.13 Å². The Hall–Kier alpha value is -3.26. The Labute approximate surface area is 152 Å². The van der Waals surface area contributed by atoms with Crippen LogP contribution in [0, 0.1) is 13.8 Å². The van der Waals surface area contributed by atoms with E-state index in [0.29, 0.717) is 0 Å². The number of fused-ring (bicyclic) bond motifs is 2. The van der Waals surface area contributed by atoms with Crippen LogP contribution in [-0.4, -0.2) is 9.13 Å². The fourth-order valence-electron chi connectivity index (χ4n) is 4.02. The largest absolute Gasteiger partial charge is 0.314 e. The van der Waals surface area contributed by atoms with E-state index in [1.54, 1.807) is 0 Å². The molecule has 2 nitrogen and oxygen atoms in total. The summed E-state index contributed by atoms with van der Waals surface area (Å²) in [5, 5.41) is 2.56. The van der Waals surface area contributed by atoms with Crippen molar-refractivity contribution >= 4 is 21.8 Å². The Balaban J connectivity index is 1.65. The van der Waals surface area contributed by atoms with Gasteiger partial charge in [0.05, 0.1) is 11.0 Å². The SMILES string of the molecule is Cc1cc2ccccc2n1-c1ccc(-n2c(C)cc3ccccc32)cc1. The number of rotatable bonds is 2. The second-order valence-corrected chi connectivity index (χ2v) is 6.88. The van der Waals surface area contributed by atoms with Crippen molar-refractivity contribution in [3.63, 3.8) is 0 Å². The molecule has 0 bridgehead atoms. The van der Waals surface area contributed by atoms with E-state index in [1.807, 2.05) is 0 Å². The number of nitrogens with zero attached hydrogens (tertiary/aromatic N) is 2. The fraction of sp³-hybridized carbons (Fsp3) is 0.0833. The van der Waals surface area contributed by atoms with Gasteiger partial charge in [-0.1, -0.05) is 36.4 Å². The van der Waals surface area contributed by atoms with E-state index in [4.69, 9.17) is 0 Å². The fourth-order valence-corrected chi connectivity index (χ4v) is 4.02. The molecule has 2 heteroatoms. The maximum Gasteiger partial charge on any atom is 0.0531 e. The van der Waals surface area contributed by atoms with Crippen LogP contribution < -0.4 is 0 Å². The van der Waals surface area contributed by atoms with Crippen molar-refractivity contribution in [3.8, 4) is 11.4 Å². The molecule has 0 saturated heterocycles. The van der Waals surface area contributed by atoms with Crippen molar-refractivity contribution < 1.29 is 0 Å². The van der Waals surface area contributed by atoms with Crippen LogP contribution in [0.4, 0.5) is 0 Å². The van der Waals surface area contributed by atoms with Gasteiger partial charge in [0, 0.05) is 33.5 Å². The summed E-state index contributed by atoms with van der Waals surface area (Å²) in [7, 11) is 0. The molecule has 0 N–H and O–H groups in total. The van der Waals surface area contributed by atoms with Crippen molar-refractivity contribution in [3.05, 3.63) is 96.3 Å². The van der Waals surface area contributed by atoms with Gasteiger partial charge in [-0.05, 0) is 62.4 Å². The highest BCUT2D eigenvalue weighted by Gasteiger charge is 2.09. The molecule has 0 atom stereocenters. The predicted molar refractivity (Wildman–Crippen MR) is 110 cm³/mol. The van der Waals surface area contributed by atoms with Crippen LogP contribution in [0.1, 0.15) is 11.4 Å². The zero-order chi connectivity index (χ0) is 17.7. The maximum atomic E-state index is 2.32. The predicted octanol–water partition coefficient (Wildman–Crippen LogP) is 6.19. The monoisotopic (exact) mass is 336 g/mol. The molecule has 5 rings (SSSR count). The van der Waals surface area contributed by atoms with Gasteiger partial charge >= 0.3 is 0 Å². The first kappa shape index (κ1) is 15.0. The molecule has 0 amide bonds. The number of aryl methyl sites for hydroxylation is 2. The van der Waals surface area contributed by atoms with E-state index in [9.17, 15) is 0 Å². The van der Waals surface area contributed by atoms with Crippen LogP contribution in [0.2, 0.25) is 0 Å². The molecule has 0 aliphatic rings. The van der Waals surface area contributed by atoms with E-state index < -0.39 is 0 Å². The third kappa shape index (κ3) is 2.19. The Morgan fingerprint density at radius 3 is 1.31 bits per heavy atom. The van der Waals surface area contributed by atoms with Crippen LogP contribution in [0.5, 0.6) is 0 Å². The molecule has 0 saturated carbocycles. The summed E-state index contributed by atoms with van der Waals surface area (Å²) in [5.41, 5.74) is 7.40. The van der Waals surface area contributed by atoms with Crippen molar-refractivity contribution in [2.45, 2.75) is 13.8 Å². The molecule has 126 valence electrons. The summed E-state index contributed by atoms with van der Waals surface area (Å²) in [6.45, 7) is 4.33. The van der Waals surface area contributed by atoms with Gasteiger partial charge in [-0.3, -0.25) is 0 Å². The summed E-state index contributed by atoms with van der Waals surface area (Å²) in [6, 6.07) is 30.4. The molecule has 26 heavy (non-hydrogen) atoms. The molecule has 5 aromatic rings. The highest BCUT2D eigenvalue weighted by atomic mass is 15.0. The molecule has 0 aliphatic heterocycles. The minimum absolute atomic E-state index is 1.20. The Morgan fingerprint density at radius 1 is 0.500 bits per heavy atom. The van der Waals surface area contributed by atoms with Gasteiger partial charge in [0.1, 0.15) is 0 Å². The van der Waals surface area contributed by atoms with Crippen molar-refractivity contribution in [2.24, 2.45) is 0 Å². The van der Waals surface area contributed by atoms with Gasteiger partial charge in [0.25, 0.3) is 0 Å². The number of hydrogen-bond donors (Lipinski definition) is 0. The Morgan fingerprint density at radius 2 is 0.885 bits per heavy atom. The Kier molecular flexibility index (Phi) is 3.26. The number of para-hydroxylation sites is 2. The van der Waals surface area contributed by atoms with Gasteiger partial charge in [0.2, 0.25) is 0 Å². The lowest BCUT2D eigenvalue weighted by Crippen LogP contribution is -1.99. The second kappa shape index (κ2) is 5.63. The van der Waals surface area contributed by atoms with Gasteiger partial charge in [-0.2, -0.15) is 0 Å². The van der Waals surface area contributed by atoms with Gasteiger partial charge in [-0.15, -0.1) is 0 Å². The van der Waals surface area contributed by atoms with E-state index >= 15 is 0 Å². The highest BCUT2D eigenvalue weighted by Crippen LogP contribution is 2.27. The van der Waals surface area contributed by atoms with E-state index in [2.05, 4.69) is 108 Å². The molecule has 0 radical (unpaired) electrons. The third-order valence-electron chi connectivity index (χ3n) is 5.16. The minimum Gasteiger partial charge on any atom is -0.314 e. The zero-order valence-electron chi connectivity index (χ0n) is 15.0. The van der Waals surface area contributed by atoms with Crippen LogP contribution in [-0.2, 0) is 0 Å². The molecular formula is C24H20N2. The molecule has 0 unspecified atom stereocenters. The molecule has 0 aliphatic carbocycles. The van der Waals surface area contributed by atoms with Crippen LogP contribution in [0.3, 0.4) is 0 Å². The van der Waals surface area contributed by atoms with E-state index in [1.165, 1.54) is 44.6 Å². The molecule has 0 fully saturated rings. The minimum atomic E-state index is 1.20. The summed E-state index contributed by atoms with van der Waals surface area (Å²) in [5.74, 6) is 0. The zero-order valence-corrected chi connectivity index (χ0v) is 15.0. The quantitative estimate of drug-likeness (QED) is 0.364. The van der Waals surface area contributed by atoms with Gasteiger partial charge < -0.3 is 9.13 Å². The molecule has 2 aromatic heterocycles. The normalized spacial score (nSPS) is 11.5. The lowest BCUT2D eigenvalue weighted by atomic mass is 10.2. The smallest absolute Gasteiger partial charge is 0.0531 e. The van der Waals surface area contributed by atoms with Gasteiger partial charge in [-0.25, -0.2) is 0 Å². The second-order valence-electron chi connectivity index (χ2n) is 6.88. The standard InChI is InChI=1S/C24H20N2/c1-17-15-19-7-3-5-9-23(19)25(17)21-11-13-22(14-12-21)26-18(2)16-20-8-4-6-10-24(20)26/h3-16H,1-2H3. The number of benzene rings is 3. The average Bonchev–Trinajstić information content (AvgIpc) is 3.17. The summed E-state index contributed by atoms with van der Waals surface area (Å²) >= 11 is 0. The highest BCUT2D eigenvalue weighted by molar-refractivity contribution is 5.84. The topological polar surface area (TPSA) is 9.86 Å². The first-order valence-corrected chi connectivity index (χ1v) is 8.97. The van der Waals surface area contributed by atoms with Crippen LogP contribution in [0.15, 0.2) is 84.9 Å². The number of hydrogen-bond acceptors (Lipinski definition) is 0. The Bertz CT molecular complexity index is 1140. The van der Waals surface area contributed by atoms with Crippen molar-refractivity contribution in [2.75, 3.05) is 0 Å². The molecule has 2 heterocycles. The maximum absolute atomic E-state index is 2.32. The number of aromatic nitrogens is 2. The van der Waals surface area contributed by atoms with Crippen LogP contribution >= 0.6 is 0 Å². The molecule has 3 aromatic carbocycles. The summed E-state index contributed by atoms with van der Waals surface area (Å²) < 4.78 is 4.64. The first-order chi connectivity index (χ1) is 12.7. The molecule has 0 spiro atoms. The van der Waals surface area contributed by atoms with Crippen molar-refractivity contribution in [1.29, 1.82) is 0 Å². The van der Waals surface area contributed by atoms with E-state index in [0.717, 1.165) is 0 Å². The average molecular weight is 336 g/mol. The lowest BCUT2D eigenvalue weighted by molar-refractivity contribution is 1.03. The summed E-state index contributed by atoms with van der Waals surface area (Å²) in [6.07, 6.45) is 0. The lowest BCUT2D eigenvalue weighted by Gasteiger charge is -2.12. The van der Waals surface area contributed by atoms with Crippen LogP contribution in [0.25, 0.3) is 33.2 Å². The molecular weight excluding hydrogens is 316 g/mol. The first-order valence-electron chi connectivity index (χ1n) is 8.97. The third-order valence-corrected chi connectivity index (χ3v) is 5.16. The van der Waals surface area contributed by atoms with E-state index in [-0.39, 0.29) is 0 Å².